The van der Waals surface area contributed by atoms with E-state index in [4.69, 9.17) is 4.74 Å². The zero-order valence-electron chi connectivity index (χ0n) is 14.0. The second-order valence-corrected chi connectivity index (χ2v) is 6.93. The summed E-state index contributed by atoms with van der Waals surface area (Å²) in [6, 6.07) is 8.78. The van der Waals surface area contributed by atoms with Gasteiger partial charge in [0.2, 0.25) is 0 Å². The Kier molecular flexibility index (Phi) is 5.34. The Morgan fingerprint density at radius 1 is 1.26 bits per heavy atom. The van der Waals surface area contributed by atoms with Crippen molar-refractivity contribution in [3.8, 4) is 0 Å². The Morgan fingerprint density at radius 3 is 2.70 bits per heavy atom. The molecular formula is C18H28N2O3. The van der Waals surface area contributed by atoms with Gasteiger partial charge in [-0.05, 0) is 17.5 Å². The molecular weight excluding hydrogens is 292 g/mol. The van der Waals surface area contributed by atoms with Crippen molar-refractivity contribution in [2.24, 2.45) is 0 Å². The molecule has 3 N–H and O–H groups in total. The zero-order valence-corrected chi connectivity index (χ0v) is 14.0. The highest BCUT2D eigenvalue weighted by Crippen LogP contribution is 2.30. The number of rotatable bonds is 5. The van der Waals surface area contributed by atoms with Crippen molar-refractivity contribution in [3.05, 3.63) is 35.4 Å². The van der Waals surface area contributed by atoms with Gasteiger partial charge in [-0.1, -0.05) is 38.1 Å². The zero-order chi connectivity index (χ0) is 16.4. The van der Waals surface area contributed by atoms with Gasteiger partial charge in [-0.25, -0.2) is 0 Å². The molecule has 0 aliphatic carbocycles. The molecule has 4 unspecified atom stereocenters. The highest BCUT2D eigenvalue weighted by atomic mass is 16.5. The molecule has 1 aromatic rings. The number of hydrogen-bond acceptors (Lipinski definition) is 5. The number of nitrogens with one attached hydrogen (secondary N) is 1. The second-order valence-electron chi connectivity index (χ2n) is 6.93. The molecule has 5 heteroatoms. The van der Waals surface area contributed by atoms with E-state index in [1.165, 1.54) is 11.1 Å². The fourth-order valence-electron chi connectivity index (χ4n) is 3.72. The molecule has 23 heavy (non-hydrogen) atoms. The van der Waals surface area contributed by atoms with Crippen LogP contribution in [0.3, 0.4) is 0 Å². The van der Waals surface area contributed by atoms with Crippen LogP contribution < -0.4 is 5.32 Å². The highest BCUT2D eigenvalue weighted by molar-refractivity contribution is 5.29. The van der Waals surface area contributed by atoms with Crippen LogP contribution in [0.2, 0.25) is 0 Å². The normalized spacial score (nSPS) is 31.5. The van der Waals surface area contributed by atoms with E-state index in [0.29, 0.717) is 12.6 Å². The molecule has 1 aromatic carbocycles. The van der Waals surface area contributed by atoms with Crippen molar-refractivity contribution in [2.45, 2.75) is 57.2 Å². The first kappa shape index (κ1) is 16.9. The minimum absolute atomic E-state index is 0.0771. The molecule has 0 spiro atoms. The van der Waals surface area contributed by atoms with Gasteiger partial charge < -0.3 is 20.3 Å². The van der Waals surface area contributed by atoms with Crippen molar-refractivity contribution in [3.63, 3.8) is 0 Å². The first-order valence-corrected chi connectivity index (χ1v) is 8.58. The number of nitrogens with zero attached hydrogens (tertiary/aromatic N) is 1. The van der Waals surface area contributed by atoms with Gasteiger partial charge in [0.25, 0.3) is 0 Å². The lowest BCUT2D eigenvalue weighted by molar-refractivity contribution is -0.0216. The molecule has 2 heterocycles. The fourth-order valence-corrected chi connectivity index (χ4v) is 3.72. The van der Waals surface area contributed by atoms with Crippen LogP contribution in [0.4, 0.5) is 0 Å². The molecule has 2 aliphatic rings. The summed E-state index contributed by atoms with van der Waals surface area (Å²) in [4.78, 5) is 2.31. The number of aliphatic hydroxyl groups excluding tert-OH is 2. The Balaban J connectivity index is 1.75. The van der Waals surface area contributed by atoms with E-state index in [1.807, 2.05) is 0 Å². The standard InChI is InChI=1S/C18H28N2O3/c1-12(2)19-9-15-17(18(22)16(11-21)23-15)20-8-7-13-5-3-4-6-14(13)10-20/h3-6,12,15-19,21-22H,7-11H2,1-2H3. The first-order valence-electron chi connectivity index (χ1n) is 8.58. The lowest BCUT2D eigenvalue weighted by Gasteiger charge is -2.37. The molecule has 1 fully saturated rings. The summed E-state index contributed by atoms with van der Waals surface area (Å²) in [5.74, 6) is 0. The average molecular weight is 320 g/mol. The highest BCUT2D eigenvalue weighted by Gasteiger charge is 2.46. The van der Waals surface area contributed by atoms with Crippen LogP contribution >= 0.6 is 0 Å². The molecule has 4 atom stereocenters. The van der Waals surface area contributed by atoms with Gasteiger partial charge in [0.1, 0.15) is 12.2 Å². The van der Waals surface area contributed by atoms with Gasteiger partial charge in [-0.15, -0.1) is 0 Å². The lowest BCUT2D eigenvalue weighted by atomic mass is 9.95. The fraction of sp³-hybridized carbons (Fsp3) is 0.667. The Bertz CT molecular complexity index is 523. The van der Waals surface area contributed by atoms with Gasteiger partial charge in [0, 0.05) is 25.7 Å². The van der Waals surface area contributed by atoms with Crippen LogP contribution in [0.15, 0.2) is 24.3 Å². The Morgan fingerprint density at radius 2 is 2.00 bits per heavy atom. The maximum atomic E-state index is 10.6. The molecule has 0 aromatic heterocycles. The van der Waals surface area contributed by atoms with Crippen LogP contribution in [-0.4, -0.2) is 65.2 Å². The van der Waals surface area contributed by atoms with E-state index in [-0.39, 0.29) is 18.8 Å². The number of fused-ring (bicyclic) bond motifs is 1. The molecule has 2 aliphatic heterocycles. The maximum Gasteiger partial charge on any atom is 0.109 e. The average Bonchev–Trinajstić information content (AvgIpc) is 2.88. The third-order valence-corrected chi connectivity index (χ3v) is 4.95. The van der Waals surface area contributed by atoms with Crippen LogP contribution in [0.25, 0.3) is 0 Å². The van der Waals surface area contributed by atoms with Gasteiger partial charge in [0.15, 0.2) is 0 Å². The predicted molar refractivity (Wildman–Crippen MR) is 89.2 cm³/mol. The minimum atomic E-state index is -0.649. The number of ether oxygens (including phenoxy) is 1. The van der Waals surface area contributed by atoms with Crippen molar-refractivity contribution in [1.29, 1.82) is 0 Å². The van der Waals surface area contributed by atoms with E-state index >= 15 is 0 Å². The Hall–Kier alpha value is -0.980. The third-order valence-electron chi connectivity index (χ3n) is 4.95. The summed E-state index contributed by atoms with van der Waals surface area (Å²) >= 11 is 0. The molecule has 3 rings (SSSR count). The minimum Gasteiger partial charge on any atom is -0.394 e. The molecule has 128 valence electrons. The Labute approximate surface area is 138 Å². The van der Waals surface area contributed by atoms with E-state index in [9.17, 15) is 10.2 Å². The predicted octanol–water partition coefficient (Wildman–Crippen LogP) is 0.532. The molecule has 0 bridgehead atoms. The van der Waals surface area contributed by atoms with E-state index in [0.717, 1.165) is 19.5 Å². The smallest absolute Gasteiger partial charge is 0.109 e. The molecule has 0 amide bonds. The van der Waals surface area contributed by atoms with Crippen molar-refractivity contribution in [1.82, 2.24) is 10.2 Å². The van der Waals surface area contributed by atoms with Crippen LogP contribution in [0.5, 0.6) is 0 Å². The quantitative estimate of drug-likeness (QED) is 0.739. The van der Waals surface area contributed by atoms with Gasteiger partial charge in [0.05, 0.1) is 18.8 Å². The molecule has 1 saturated heterocycles. The number of hydrogen-bond donors (Lipinski definition) is 3. The van der Waals surface area contributed by atoms with E-state index in [2.05, 4.69) is 48.3 Å². The SMILES string of the molecule is CC(C)NCC1OC(CO)C(O)C1N1CCc2ccccc2C1. The summed E-state index contributed by atoms with van der Waals surface area (Å²) < 4.78 is 5.92. The summed E-state index contributed by atoms with van der Waals surface area (Å²) in [6.07, 6.45) is -0.247. The summed E-state index contributed by atoms with van der Waals surface area (Å²) in [7, 11) is 0. The van der Waals surface area contributed by atoms with Crippen molar-refractivity contribution >= 4 is 0 Å². The monoisotopic (exact) mass is 320 g/mol. The lowest BCUT2D eigenvalue weighted by Crippen LogP contribution is -2.52. The third kappa shape index (κ3) is 3.59. The van der Waals surface area contributed by atoms with Gasteiger partial charge in [-0.2, -0.15) is 0 Å². The summed E-state index contributed by atoms with van der Waals surface area (Å²) in [6.45, 7) is 6.49. The molecule has 0 radical (unpaired) electrons. The van der Waals surface area contributed by atoms with Gasteiger partial charge >= 0.3 is 0 Å². The first-order chi connectivity index (χ1) is 11.1. The van der Waals surface area contributed by atoms with E-state index in [1.54, 1.807) is 0 Å². The topological polar surface area (TPSA) is 65.0 Å². The molecule has 0 saturated carbocycles. The maximum absolute atomic E-state index is 10.6. The van der Waals surface area contributed by atoms with Crippen molar-refractivity contribution in [2.75, 3.05) is 19.7 Å². The largest absolute Gasteiger partial charge is 0.394 e. The number of benzene rings is 1. The number of aliphatic hydroxyl groups is 2. The van der Waals surface area contributed by atoms with Crippen LogP contribution in [-0.2, 0) is 17.7 Å². The van der Waals surface area contributed by atoms with Crippen molar-refractivity contribution < 1.29 is 14.9 Å². The van der Waals surface area contributed by atoms with Crippen LogP contribution in [0, 0.1) is 0 Å². The summed E-state index contributed by atoms with van der Waals surface area (Å²) in [5.41, 5.74) is 2.72. The molecule has 5 nitrogen and oxygen atoms in total. The second kappa shape index (κ2) is 7.28. The van der Waals surface area contributed by atoms with E-state index < -0.39 is 12.2 Å². The van der Waals surface area contributed by atoms with Crippen LogP contribution in [0.1, 0.15) is 25.0 Å². The summed E-state index contributed by atoms with van der Waals surface area (Å²) in [5, 5.41) is 23.5. The van der Waals surface area contributed by atoms with Gasteiger partial charge in [-0.3, -0.25) is 4.90 Å².